The minimum absolute atomic E-state index is 0.0137. The molecule has 0 aliphatic rings. The van der Waals surface area contributed by atoms with E-state index in [2.05, 4.69) is 16.0 Å². The van der Waals surface area contributed by atoms with Crippen molar-refractivity contribution in [2.75, 3.05) is 19.3 Å². The molecule has 7 N–H and O–H groups in total. The number of ether oxygens (including phenoxy) is 2. The van der Waals surface area contributed by atoms with Gasteiger partial charge in [-0.1, -0.05) is 97.1 Å². The number of carboxylic acids is 1. The summed E-state index contributed by atoms with van der Waals surface area (Å²) in [7, 11) is 1.36. The SMILES string of the molecule is CN(C(=O)OC(C)(C)C)C(CCNC(=O)c1cc(O)ccc1C[C@H](NC(=O)OC(C)(C)C)C(=O)O)C(=O)N[C@@H](CSC(c1ccccc1)(c1ccccc1)c1ccccc1)C(N)=O. The summed E-state index contributed by atoms with van der Waals surface area (Å²) in [6.45, 7) is 9.64. The summed E-state index contributed by atoms with van der Waals surface area (Å²) in [6.07, 6.45) is -2.35. The lowest BCUT2D eigenvalue weighted by Crippen LogP contribution is -2.55. The van der Waals surface area contributed by atoms with Crippen LogP contribution in [-0.2, 0) is 35.0 Å². The van der Waals surface area contributed by atoms with Gasteiger partial charge < -0.3 is 41.4 Å². The van der Waals surface area contributed by atoms with Crippen LogP contribution in [-0.4, -0.2) is 99.7 Å². The number of hydrogen-bond donors (Lipinski definition) is 6. The van der Waals surface area contributed by atoms with Crippen molar-refractivity contribution in [3.8, 4) is 5.75 Å². The van der Waals surface area contributed by atoms with Crippen LogP contribution in [0.4, 0.5) is 9.59 Å². The van der Waals surface area contributed by atoms with Gasteiger partial charge in [0.25, 0.3) is 5.91 Å². The van der Waals surface area contributed by atoms with Crippen molar-refractivity contribution in [1.29, 1.82) is 0 Å². The third kappa shape index (κ3) is 14.0. The standard InChI is InChI=1S/C47H57N5O10S/c1-45(2,3)61-43(59)51-36(42(57)58)27-30-23-24-34(53)28-35(30)40(55)49-26-25-38(52(7)44(60)62-46(4,5)6)41(56)50-37(39(48)54)29-63-47(31-17-11-8-12-18-31,32-19-13-9-14-20-32)33-21-15-10-16-22-33/h8-24,28,36-38,53H,25-27,29H2,1-7H3,(H2,48,54)(H,49,55)(H,50,56)(H,51,59)(H,57,58)/t36-,37-,38?/m0/s1. The number of primary amides is 1. The van der Waals surface area contributed by atoms with Crippen LogP contribution in [0.5, 0.6) is 5.75 Å². The van der Waals surface area contributed by atoms with E-state index in [4.69, 9.17) is 15.2 Å². The van der Waals surface area contributed by atoms with Gasteiger partial charge >= 0.3 is 18.2 Å². The highest BCUT2D eigenvalue weighted by molar-refractivity contribution is 8.00. The van der Waals surface area contributed by atoms with Crippen molar-refractivity contribution < 1.29 is 48.5 Å². The number of alkyl carbamates (subject to hydrolysis) is 1. The Hall–Kier alpha value is -6.55. The summed E-state index contributed by atoms with van der Waals surface area (Å²) >= 11 is 1.41. The second-order valence-electron chi connectivity index (χ2n) is 16.8. The number of nitrogens with one attached hydrogen (secondary N) is 3. The molecule has 4 aromatic rings. The van der Waals surface area contributed by atoms with Gasteiger partial charge in [-0.3, -0.25) is 19.3 Å². The lowest BCUT2D eigenvalue weighted by atomic mass is 9.84. The lowest BCUT2D eigenvalue weighted by molar-refractivity contribution is -0.139. The van der Waals surface area contributed by atoms with E-state index >= 15 is 0 Å². The molecule has 0 aliphatic heterocycles. The summed E-state index contributed by atoms with van der Waals surface area (Å²) < 4.78 is 9.92. The Balaban J connectivity index is 1.60. The number of aromatic hydroxyl groups is 1. The average molecular weight is 884 g/mol. The van der Waals surface area contributed by atoms with Crippen molar-refractivity contribution in [3.05, 3.63) is 137 Å². The molecule has 1 unspecified atom stereocenters. The minimum atomic E-state index is -1.50. The van der Waals surface area contributed by atoms with Crippen LogP contribution in [0.3, 0.4) is 0 Å². The van der Waals surface area contributed by atoms with Crippen LogP contribution in [0.1, 0.15) is 80.6 Å². The molecule has 0 fully saturated rings. The maximum absolute atomic E-state index is 14.3. The summed E-state index contributed by atoms with van der Waals surface area (Å²) in [4.78, 5) is 80.2. The first-order chi connectivity index (χ1) is 29.6. The molecule has 0 aromatic heterocycles. The Labute approximate surface area is 372 Å². The van der Waals surface area contributed by atoms with Gasteiger partial charge in [-0.2, -0.15) is 0 Å². The van der Waals surface area contributed by atoms with Crippen LogP contribution in [0, 0.1) is 0 Å². The fourth-order valence-electron chi connectivity index (χ4n) is 6.64. The quantitative estimate of drug-likeness (QED) is 0.0639. The van der Waals surface area contributed by atoms with E-state index in [0.29, 0.717) is 0 Å². The molecule has 0 aliphatic carbocycles. The van der Waals surface area contributed by atoms with E-state index in [1.54, 1.807) is 41.5 Å². The largest absolute Gasteiger partial charge is 0.508 e. The number of benzene rings is 4. The number of amides is 5. The number of nitrogens with zero attached hydrogens (tertiary/aromatic N) is 1. The Morgan fingerprint density at radius 3 is 1.70 bits per heavy atom. The second kappa shape index (κ2) is 21.5. The van der Waals surface area contributed by atoms with Gasteiger partial charge in [0, 0.05) is 31.3 Å². The molecule has 0 heterocycles. The van der Waals surface area contributed by atoms with Crippen LogP contribution in [0.15, 0.2) is 109 Å². The van der Waals surface area contributed by atoms with E-state index in [1.807, 2.05) is 91.0 Å². The first-order valence-corrected chi connectivity index (χ1v) is 21.3. The van der Waals surface area contributed by atoms with Crippen molar-refractivity contribution >= 4 is 47.6 Å². The van der Waals surface area contributed by atoms with Gasteiger partial charge in [-0.05, 0) is 82.3 Å². The highest BCUT2D eigenvalue weighted by Crippen LogP contribution is 2.48. The molecule has 4 rings (SSSR count). The Kier molecular flexibility index (Phi) is 16.8. The molecule has 0 spiro atoms. The minimum Gasteiger partial charge on any atom is -0.508 e. The molecule has 0 bridgehead atoms. The van der Waals surface area contributed by atoms with Gasteiger partial charge in [0.1, 0.15) is 35.1 Å². The highest BCUT2D eigenvalue weighted by atomic mass is 32.2. The average Bonchev–Trinajstić information content (AvgIpc) is 3.21. The molecule has 4 aromatic carbocycles. The topological polar surface area (TPSA) is 227 Å². The zero-order valence-electron chi connectivity index (χ0n) is 36.5. The Morgan fingerprint density at radius 1 is 0.730 bits per heavy atom. The van der Waals surface area contributed by atoms with E-state index in [1.165, 1.54) is 30.9 Å². The predicted molar refractivity (Wildman–Crippen MR) is 240 cm³/mol. The number of nitrogens with two attached hydrogens (primary N) is 1. The molecule has 0 saturated heterocycles. The second-order valence-corrected chi connectivity index (χ2v) is 18.0. The van der Waals surface area contributed by atoms with Gasteiger partial charge in [-0.25, -0.2) is 14.4 Å². The summed E-state index contributed by atoms with van der Waals surface area (Å²) in [6, 6.07) is 29.0. The lowest BCUT2D eigenvalue weighted by Gasteiger charge is -2.36. The van der Waals surface area contributed by atoms with E-state index in [0.717, 1.165) is 27.7 Å². The number of aliphatic carboxylic acids is 1. The number of thioether (sulfide) groups is 1. The fourth-order valence-corrected chi connectivity index (χ4v) is 8.22. The third-order valence-electron chi connectivity index (χ3n) is 9.57. The van der Waals surface area contributed by atoms with Crippen LogP contribution in [0.25, 0.3) is 0 Å². The number of phenols is 1. The number of hydrogen-bond acceptors (Lipinski definition) is 10. The molecule has 16 heteroatoms. The highest BCUT2D eigenvalue weighted by Gasteiger charge is 2.39. The van der Waals surface area contributed by atoms with Crippen molar-refractivity contribution in [2.45, 2.75) is 88.5 Å². The molecular formula is C47H57N5O10S. The van der Waals surface area contributed by atoms with Gasteiger partial charge in [0.15, 0.2) is 0 Å². The molecule has 63 heavy (non-hydrogen) atoms. The predicted octanol–water partition coefficient (Wildman–Crippen LogP) is 5.96. The van der Waals surface area contributed by atoms with E-state index < -0.39 is 70.0 Å². The normalized spacial score (nSPS) is 13.1. The summed E-state index contributed by atoms with van der Waals surface area (Å²) in [5.41, 5.74) is 6.99. The number of carbonyl (C=O) groups excluding carboxylic acids is 5. The third-order valence-corrected chi connectivity index (χ3v) is 11.2. The molecule has 0 saturated carbocycles. The van der Waals surface area contributed by atoms with Crippen LogP contribution in [0.2, 0.25) is 0 Å². The molecule has 336 valence electrons. The molecular weight excluding hydrogens is 827 g/mol. The monoisotopic (exact) mass is 883 g/mol. The number of carboxylic acid groups (broad SMARTS) is 1. The van der Waals surface area contributed by atoms with E-state index in [9.17, 15) is 39.0 Å². The van der Waals surface area contributed by atoms with Gasteiger partial charge in [0.2, 0.25) is 11.8 Å². The zero-order valence-corrected chi connectivity index (χ0v) is 37.4. The Bertz CT molecular complexity index is 2120. The van der Waals surface area contributed by atoms with Crippen molar-refractivity contribution in [3.63, 3.8) is 0 Å². The van der Waals surface area contributed by atoms with Crippen LogP contribution < -0.4 is 21.7 Å². The molecule has 3 atom stereocenters. The first kappa shape index (κ1) is 49.1. The number of phenolic OH excluding ortho intramolecular Hbond substituents is 1. The molecule has 15 nitrogen and oxygen atoms in total. The maximum atomic E-state index is 14.3. The van der Waals surface area contributed by atoms with Crippen LogP contribution >= 0.6 is 11.8 Å². The number of rotatable bonds is 18. The smallest absolute Gasteiger partial charge is 0.410 e. The zero-order chi connectivity index (χ0) is 46.5. The first-order valence-electron chi connectivity index (χ1n) is 20.3. The molecule has 5 amide bonds. The van der Waals surface area contributed by atoms with Gasteiger partial charge in [-0.15, -0.1) is 11.8 Å². The van der Waals surface area contributed by atoms with Crippen molar-refractivity contribution in [2.24, 2.45) is 5.73 Å². The molecule has 0 radical (unpaired) electrons. The Morgan fingerprint density at radius 2 is 1.24 bits per heavy atom. The number of likely N-dealkylation sites (N-methyl/N-ethyl adjacent to an activating group) is 1. The maximum Gasteiger partial charge on any atom is 0.410 e. The summed E-state index contributed by atoms with van der Waals surface area (Å²) in [5.74, 6) is -3.97. The van der Waals surface area contributed by atoms with E-state index in [-0.39, 0.29) is 42.0 Å². The number of carbonyl (C=O) groups is 6. The van der Waals surface area contributed by atoms with Crippen molar-refractivity contribution in [1.82, 2.24) is 20.9 Å². The fraction of sp³-hybridized carbons (Fsp3) is 0.362. The summed E-state index contributed by atoms with van der Waals surface area (Å²) in [5, 5.41) is 27.9. The van der Waals surface area contributed by atoms with Gasteiger partial charge in [0.05, 0.1) is 4.75 Å².